The average Bonchev–Trinajstić information content (AvgIpc) is 3.04. The van der Waals surface area contributed by atoms with Gasteiger partial charge in [0.05, 0.1) is 10.9 Å². The fourth-order valence-electron chi connectivity index (χ4n) is 3.76. The minimum Gasteiger partial charge on any atom is -0.457 e. The number of aromatic nitrogens is 3. The summed E-state index contributed by atoms with van der Waals surface area (Å²) in [6.45, 7) is 8.87. The summed E-state index contributed by atoms with van der Waals surface area (Å²) >= 11 is 0. The van der Waals surface area contributed by atoms with E-state index in [2.05, 4.69) is 28.4 Å². The lowest BCUT2D eigenvalue weighted by atomic mass is 10.1. The van der Waals surface area contributed by atoms with Crippen LogP contribution in [0, 0.1) is 19.8 Å². The zero-order chi connectivity index (χ0) is 23.3. The second-order valence-corrected chi connectivity index (χ2v) is 8.59. The molecule has 0 saturated heterocycles. The molecular weight excluding hydrogens is 406 g/mol. The maximum atomic E-state index is 12.6. The first-order valence-corrected chi connectivity index (χ1v) is 11.1. The van der Waals surface area contributed by atoms with Crippen molar-refractivity contribution in [1.29, 1.82) is 0 Å². The van der Waals surface area contributed by atoms with Crippen LogP contribution in [-0.4, -0.2) is 32.9 Å². The van der Waals surface area contributed by atoms with Gasteiger partial charge in [-0.1, -0.05) is 26.0 Å². The van der Waals surface area contributed by atoms with Crippen molar-refractivity contribution in [2.45, 2.75) is 59.9 Å². The number of hydrogen-bond donors (Lipinski definition) is 1. The summed E-state index contributed by atoms with van der Waals surface area (Å²) in [5.74, 6) is 0.489. The van der Waals surface area contributed by atoms with Gasteiger partial charge in [0, 0.05) is 36.3 Å². The van der Waals surface area contributed by atoms with E-state index >= 15 is 0 Å². The molecule has 2 heterocycles. The Hall–Kier alpha value is -3.22. The number of hydrogen-bond acceptors (Lipinski definition) is 5. The van der Waals surface area contributed by atoms with Gasteiger partial charge in [-0.05, 0) is 50.8 Å². The van der Waals surface area contributed by atoms with Crippen molar-refractivity contribution < 1.29 is 14.3 Å². The molecule has 7 nitrogen and oxygen atoms in total. The van der Waals surface area contributed by atoms with E-state index in [-0.39, 0.29) is 24.4 Å². The van der Waals surface area contributed by atoms with E-state index in [1.54, 1.807) is 18.2 Å². The number of ether oxygens (including phenoxy) is 1. The highest BCUT2D eigenvalue weighted by atomic mass is 16.5. The predicted molar refractivity (Wildman–Crippen MR) is 124 cm³/mol. The van der Waals surface area contributed by atoms with Crippen LogP contribution in [0.15, 0.2) is 35.1 Å². The summed E-state index contributed by atoms with van der Waals surface area (Å²) in [6.07, 6.45) is 2.10. The number of carbonyl (C=O) groups excluding carboxylic acids is 2. The van der Waals surface area contributed by atoms with Gasteiger partial charge in [0.1, 0.15) is 5.82 Å². The fraction of sp³-hybridized carbons (Fsp3) is 0.440. The van der Waals surface area contributed by atoms with E-state index < -0.39 is 5.97 Å². The summed E-state index contributed by atoms with van der Waals surface area (Å²) in [4.78, 5) is 44.0. The van der Waals surface area contributed by atoms with Crippen molar-refractivity contribution in [1.82, 2.24) is 14.5 Å². The van der Waals surface area contributed by atoms with E-state index in [4.69, 9.17) is 4.74 Å². The minimum absolute atomic E-state index is 0.150. The Kier molecular flexibility index (Phi) is 7.62. The lowest BCUT2D eigenvalue weighted by molar-refractivity contribution is -0.142. The van der Waals surface area contributed by atoms with Crippen molar-refractivity contribution in [2.24, 2.45) is 5.92 Å². The highest BCUT2D eigenvalue weighted by molar-refractivity contribution is 5.99. The number of ketones is 1. The molecule has 0 spiro atoms. The number of carbonyl (C=O) groups is 2. The third kappa shape index (κ3) is 5.72. The van der Waals surface area contributed by atoms with Crippen LogP contribution in [-0.2, 0) is 22.5 Å². The number of Topliss-reactive ketones (excluding diaryl/α,β-unsaturated/α-hetero) is 1. The van der Waals surface area contributed by atoms with Gasteiger partial charge in [-0.15, -0.1) is 0 Å². The number of esters is 1. The van der Waals surface area contributed by atoms with Crippen LogP contribution in [0.4, 0.5) is 0 Å². The van der Waals surface area contributed by atoms with E-state index in [0.717, 1.165) is 24.4 Å². The molecule has 0 bridgehead atoms. The number of nitrogens with zero attached hydrogens (tertiary/aromatic N) is 2. The zero-order valence-electron chi connectivity index (χ0n) is 19.2. The SMILES string of the molecule is Cc1cc(C(=O)COC(=O)CCCc2nc3ccccc3c(=O)[nH]2)c(C)n1CCC(C)C. The van der Waals surface area contributed by atoms with Crippen LogP contribution in [0.5, 0.6) is 0 Å². The maximum absolute atomic E-state index is 12.6. The zero-order valence-corrected chi connectivity index (χ0v) is 19.2. The molecular formula is C25H31N3O4. The van der Waals surface area contributed by atoms with E-state index in [1.807, 2.05) is 26.0 Å². The van der Waals surface area contributed by atoms with Gasteiger partial charge >= 0.3 is 5.97 Å². The van der Waals surface area contributed by atoms with Gasteiger partial charge in [-0.2, -0.15) is 0 Å². The normalized spacial score (nSPS) is 11.3. The average molecular weight is 438 g/mol. The molecule has 1 N–H and O–H groups in total. The Morgan fingerprint density at radius 1 is 1.19 bits per heavy atom. The van der Waals surface area contributed by atoms with Crippen molar-refractivity contribution in [2.75, 3.05) is 6.61 Å². The number of fused-ring (bicyclic) bond motifs is 1. The lowest BCUT2D eigenvalue weighted by Crippen LogP contribution is -2.16. The molecule has 0 unspecified atom stereocenters. The number of aryl methyl sites for hydroxylation is 2. The van der Waals surface area contributed by atoms with Crippen molar-refractivity contribution >= 4 is 22.7 Å². The Morgan fingerprint density at radius 3 is 2.69 bits per heavy atom. The molecule has 3 rings (SSSR count). The highest BCUT2D eigenvalue weighted by Gasteiger charge is 2.17. The van der Waals surface area contributed by atoms with Crippen molar-refractivity contribution in [3.8, 4) is 0 Å². The van der Waals surface area contributed by atoms with Gasteiger partial charge in [0.15, 0.2) is 6.61 Å². The summed E-state index contributed by atoms with van der Waals surface area (Å²) in [6, 6.07) is 9.00. The fourth-order valence-corrected chi connectivity index (χ4v) is 3.76. The van der Waals surface area contributed by atoms with Crippen LogP contribution in [0.2, 0.25) is 0 Å². The molecule has 0 saturated carbocycles. The summed E-state index contributed by atoms with van der Waals surface area (Å²) in [5.41, 5.74) is 3.00. The molecule has 0 aliphatic heterocycles. The van der Waals surface area contributed by atoms with Crippen molar-refractivity contribution in [3.63, 3.8) is 0 Å². The summed E-state index contributed by atoms with van der Waals surface area (Å²) in [7, 11) is 0. The van der Waals surface area contributed by atoms with Gasteiger partial charge < -0.3 is 14.3 Å². The Morgan fingerprint density at radius 2 is 1.94 bits per heavy atom. The quantitative estimate of drug-likeness (QED) is 0.380. The maximum Gasteiger partial charge on any atom is 0.306 e. The third-order valence-corrected chi connectivity index (χ3v) is 5.62. The number of nitrogens with one attached hydrogen (secondary N) is 1. The minimum atomic E-state index is -0.435. The number of para-hydroxylation sites is 1. The third-order valence-electron chi connectivity index (χ3n) is 5.62. The number of aromatic amines is 1. The van der Waals surface area contributed by atoms with E-state index in [1.165, 1.54) is 0 Å². The van der Waals surface area contributed by atoms with Gasteiger partial charge in [0.25, 0.3) is 5.56 Å². The lowest BCUT2D eigenvalue weighted by Gasteiger charge is -2.11. The van der Waals surface area contributed by atoms with E-state index in [9.17, 15) is 14.4 Å². The van der Waals surface area contributed by atoms with Crippen LogP contribution in [0.3, 0.4) is 0 Å². The monoisotopic (exact) mass is 437 g/mol. The smallest absolute Gasteiger partial charge is 0.306 e. The summed E-state index contributed by atoms with van der Waals surface area (Å²) in [5, 5.41) is 0.540. The molecule has 2 aromatic heterocycles. The predicted octanol–water partition coefficient (Wildman–Crippen LogP) is 4.14. The number of rotatable bonds is 10. The molecule has 0 aliphatic carbocycles. The Labute approximate surface area is 187 Å². The second-order valence-electron chi connectivity index (χ2n) is 8.59. The molecule has 0 aliphatic rings. The molecule has 0 radical (unpaired) electrons. The molecule has 0 amide bonds. The van der Waals surface area contributed by atoms with Crippen LogP contribution in [0.1, 0.15) is 60.7 Å². The molecule has 32 heavy (non-hydrogen) atoms. The largest absolute Gasteiger partial charge is 0.457 e. The molecule has 3 aromatic rings. The number of H-pyrrole nitrogens is 1. The van der Waals surface area contributed by atoms with Crippen LogP contribution >= 0.6 is 0 Å². The molecule has 0 atom stereocenters. The second kappa shape index (κ2) is 10.4. The van der Waals surface area contributed by atoms with E-state index in [0.29, 0.717) is 41.1 Å². The topological polar surface area (TPSA) is 94.1 Å². The van der Waals surface area contributed by atoms with Crippen LogP contribution in [0.25, 0.3) is 10.9 Å². The Bertz CT molecular complexity index is 1170. The van der Waals surface area contributed by atoms with Crippen LogP contribution < -0.4 is 5.56 Å². The molecule has 1 aromatic carbocycles. The standard InChI is InChI=1S/C25H31N3O4/c1-16(2)12-13-28-17(3)14-20(18(28)4)22(29)15-32-24(30)11-7-10-23-26-21-9-6-5-8-19(21)25(31)27-23/h5-6,8-9,14,16H,7,10-13,15H2,1-4H3,(H,26,27,31). The van der Waals surface area contributed by atoms with Gasteiger partial charge in [-0.3, -0.25) is 14.4 Å². The van der Waals surface area contributed by atoms with Gasteiger partial charge in [-0.25, -0.2) is 4.98 Å². The van der Waals surface area contributed by atoms with Crippen molar-refractivity contribution in [3.05, 3.63) is 63.5 Å². The Balaban J connectivity index is 1.49. The molecule has 0 fully saturated rings. The molecule has 170 valence electrons. The molecule has 7 heteroatoms. The first kappa shape index (κ1) is 23.4. The first-order valence-electron chi connectivity index (χ1n) is 11.1. The van der Waals surface area contributed by atoms with Gasteiger partial charge in [0.2, 0.25) is 5.78 Å². The highest BCUT2D eigenvalue weighted by Crippen LogP contribution is 2.18. The first-order chi connectivity index (χ1) is 15.3. The summed E-state index contributed by atoms with van der Waals surface area (Å²) < 4.78 is 7.35. The number of benzene rings is 1.